The SMILES string of the molecule is CC(C)C(CC#N)c1cccc(C#N)c1. The Morgan fingerprint density at radius 3 is 2.53 bits per heavy atom. The van der Waals surface area contributed by atoms with Gasteiger partial charge in [0.25, 0.3) is 0 Å². The lowest BCUT2D eigenvalue weighted by atomic mass is 9.86. The van der Waals surface area contributed by atoms with E-state index in [0.29, 0.717) is 17.9 Å². The van der Waals surface area contributed by atoms with E-state index in [0.717, 1.165) is 5.56 Å². The molecule has 2 nitrogen and oxygen atoms in total. The summed E-state index contributed by atoms with van der Waals surface area (Å²) in [5.41, 5.74) is 1.75. The summed E-state index contributed by atoms with van der Waals surface area (Å²) >= 11 is 0. The standard InChI is InChI=1S/C13H14N2/c1-10(2)13(6-7-14)12-5-3-4-11(8-12)9-15/h3-5,8,10,13H,6H2,1-2H3. The number of nitrogens with zero attached hydrogens (tertiary/aromatic N) is 2. The second-order valence-electron chi connectivity index (χ2n) is 3.95. The maximum absolute atomic E-state index is 8.80. The van der Waals surface area contributed by atoms with Gasteiger partial charge in [0.2, 0.25) is 0 Å². The van der Waals surface area contributed by atoms with Gasteiger partial charge in [0.1, 0.15) is 0 Å². The zero-order chi connectivity index (χ0) is 11.3. The third-order valence-corrected chi connectivity index (χ3v) is 2.56. The van der Waals surface area contributed by atoms with Crippen LogP contribution in [0.1, 0.15) is 37.3 Å². The van der Waals surface area contributed by atoms with Crippen molar-refractivity contribution in [3.05, 3.63) is 35.4 Å². The van der Waals surface area contributed by atoms with E-state index in [-0.39, 0.29) is 5.92 Å². The number of hydrogen-bond donors (Lipinski definition) is 0. The van der Waals surface area contributed by atoms with Gasteiger partial charge >= 0.3 is 0 Å². The second-order valence-corrected chi connectivity index (χ2v) is 3.95. The Morgan fingerprint density at radius 2 is 2.00 bits per heavy atom. The van der Waals surface area contributed by atoms with E-state index in [1.165, 1.54) is 0 Å². The van der Waals surface area contributed by atoms with Crippen molar-refractivity contribution in [1.82, 2.24) is 0 Å². The van der Waals surface area contributed by atoms with Gasteiger partial charge in [0.15, 0.2) is 0 Å². The third-order valence-electron chi connectivity index (χ3n) is 2.56. The molecule has 0 saturated heterocycles. The molecule has 0 heterocycles. The van der Waals surface area contributed by atoms with E-state index in [9.17, 15) is 0 Å². The normalized spacial score (nSPS) is 11.8. The van der Waals surface area contributed by atoms with Crippen LogP contribution in [0, 0.1) is 28.6 Å². The topological polar surface area (TPSA) is 47.6 Å². The molecule has 0 bridgehead atoms. The molecular formula is C13H14N2. The maximum atomic E-state index is 8.80. The van der Waals surface area contributed by atoms with Gasteiger partial charge in [-0.05, 0) is 29.5 Å². The fourth-order valence-electron chi connectivity index (χ4n) is 1.68. The van der Waals surface area contributed by atoms with Crippen LogP contribution in [-0.2, 0) is 0 Å². The van der Waals surface area contributed by atoms with Gasteiger partial charge in [-0.15, -0.1) is 0 Å². The fraction of sp³-hybridized carbons (Fsp3) is 0.385. The van der Waals surface area contributed by atoms with Gasteiger partial charge in [0.05, 0.1) is 17.7 Å². The molecule has 1 atom stereocenters. The number of benzene rings is 1. The van der Waals surface area contributed by atoms with Crippen molar-refractivity contribution in [2.75, 3.05) is 0 Å². The average molecular weight is 198 g/mol. The minimum absolute atomic E-state index is 0.225. The predicted molar refractivity (Wildman–Crippen MR) is 59.0 cm³/mol. The van der Waals surface area contributed by atoms with Crippen LogP contribution in [-0.4, -0.2) is 0 Å². The Morgan fingerprint density at radius 1 is 1.27 bits per heavy atom. The smallest absolute Gasteiger partial charge is 0.0991 e. The first-order valence-electron chi connectivity index (χ1n) is 5.06. The molecule has 0 aliphatic carbocycles. The number of nitriles is 2. The largest absolute Gasteiger partial charge is 0.198 e. The van der Waals surface area contributed by atoms with Crippen molar-refractivity contribution < 1.29 is 0 Å². The predicted octanol–water partition coefficient (Wildman–Crippen LogP) is 3.21. The molecular weight excluding hydrogens is 184 g/mol. The number of rotatable bonds is 3. The van der Waals surface area contributed by atoms with Crippen molar-refractivity contribution in [3.8, 4) is 12.1 Å². The summed E-state index contributed by atoms with van der Waals surface area (Å²) in [6.45, 7) is 4.20. The van der Waals surface area contributed by atoms with E-state index < -0.39 is 0 Å². The lowest BCUT2D eigenvalue weighted by Crippen LogP contribution is -2.06. The first-order chi connectivity index (χ1) is 7.19. The van der Waals surface area contributed by atoms with Crippen molar-refractivity contribution in [2.24, 2.45) is 5.92 Å². The van der Waals surface area contributed by atoms with Crippen LogP contribution in [0.25, 0.3) is 0 Å². The quantitative estimate of drug-likeness (QED) is 0.748. The molecule has 0 saturated carbocycles. The average Bonchev–Trinajstić information content (AvgIpc) is 2.25. The van der Waals surface area contributed by atoms with Crippen LogP contribution in [0.2, 0.25) is 0 Å². The monoisotopic (exact) mass is 198 g/mol. The van der Waals surface area contributed by atoms with Crippen LogP contribution in [0.3, 0.4) is 0 Å². The molecule has 0 fully saturated rings. The van der Waals surface area contributed by atoms with Gasteiger partial charge in [0, 0.05) is 6.42 Å². The Balaban J connectivity index is 3.02. The Bertz CT molecular complexity index is 407. The lowest BCUT2D eigenvalue weighted by Gasteiger charge is -2.18. The second kappa shape index (κ2) is 5.17. The Kier molecular flexibility index (Phi) is 3.89. The summed E-state index contributed by atoms with van der Waals surface area (Å²) in [6, 6.07) is 11.8. The summed E-state index contributed by atoms with van der Waals surface area (Å²) in [5, 5.41) is 17.6. The Labute approximate surface area is 90.8 Å². The zero-order valence-electron chi connectivity index (χ0n) is 9.07. The molecule has 1 aromatic rings. The Hall–Kier alpha value is -1.80. The third kappa shape index (κ3) is 2.82. The molecule has 0 radical (unpaired) electrons. The van der Waals surface area contributed by atoms with Crippen molar-refractivity contribution in [3.63, 3.8) is 0 Å². The fourth-order valence-corrected chi connectivity index (χ4v) is 1.68. The summed E-state index contributed by atoms with van der Waals surface area (Å²) in [5.74, 6) is 0.641. The zero-order valence-corrected chi connectivity index (χ0v) is 9.07. The van der Waals surface area contributed by atoms with Gasteiger partial charge < -0.3 is 0 Å². The minimum Gasteiger partial charge on any atom is -0.198 e. The molecule has 0 aliphatic heterocycles. The molecule has 1 rings (SSSR count). The molecule has 1 unspecified atom stereocenters. The lowest BCUT2D eigenvalue weighted by molar-refractivity contribution is 0.506. The summed E-state index contributed by atoms with van der Waals surface area (Å²) < 4.78 is 0. The van der Waals surface area contributed by atoms with Crippen molar-refractivity contribution in [2.45, 2.75) is 26.2 Å². The van der Waals surface area contributed by atoms with Gasteiger partial charge in [-0.25, -0.2) is 0 Å². The highest BCUT2D eigenvalue weighted by molar-refractivity contribution is 5.34. The highest BCUT2D eigenvalue weighted by atomic mass is 14.3. The molecule has 2 heteroatoms. The van der Waals surface area contributed by atoms with E-state index in [4.69, 9.17) is 10.5 Å². The van der Waals surface area contributed by atoms with Crippen LogP contribution >= 0.6 is 0 Å². The molecule has 76 valence electrons. The van der Waals surface area contributed by atoms with Crippen molar-refractivity contribution >= 4 is 0 Å². The summed E-state index contributed by atoms with van der Waals surface area (Å²) in [6.07, 6.45) is 0.506. The highest BCUT2D eigenvalue weighted by Crippen LogP contribution is 2.27. The van der Waals surface area contributed by atoms with E-state index >= 15 is 0 Å². The van der Waals surface area contributed by atoms with Gasteiger partial charge in [-0.1, -0.05) is 26.0 Å². The molecule has 0 spiro atoms. The van der Waals surface area contributed by atoms with Crippen molar-refractivity contribution in [1.29, 1.82) is 10.5 Å². The van der Waals surface area contributed by atoms with Gasteiger partial charge in [-0.3, -0.25) is 0 Å². The molecule has 0 N–H and O–H groups in total. The maximum Gasteiger partial charge on any atom is 0.0991 e. The van der Waals surface area contributed by atoms with Crippen LogP contribution in [0.15, 0.2) is 24.3 Å². The highest BCUT2D eigenvalue weighted by Gasteiger charge is 2.15. The van der Waals surface area contributed by atoms with Crippen LogP contribution in [0.4, 0.5) is 0 Å². The summed E-state index contributed by atoms with van der Waals surface area (Å²) in [4.78, 5) is 0. The van der Waals surface area contributed by atoms with Crippen LogP contribution < -0.4 is 0 Å². The minimum atomic E-state index is 0.225. The van der Waals surface area contributed by atoms with Crippen LogP contribution in [0.5, 0.6) is 0 Å². The molecule has 0 aromatic heterocycles. The first-order valence-corrected chi connectivity index (χ1v) is 5.06. The van der Waals surface area contributed by atoms with Gasteiger partial charge in [-0.2, -0.15) is 10.5 Å². The molecule has 0 amide bonds. The summed E-state index contributed by atoms with van der Waals surface area (Å²) in [7, 11) is 0. The van der Waals surface area contributed by atoms with E-state index in [2.05, 4.69) is 26.0 Å². The molecule has 15 heavy (non-hydrogen) atoms. The van der Waals surface area contributed by atoms with E-state index in [1.54, 1.807) is 6.07 Å². The first kappa shape index (κ1) is 11.3. The molecule has 0 aliphatic rings. The molecule has 1 aromatic carbocycles. The number of hydrogen-bond acceptors (Lipinski definition) is 2. The van der Waals surface area contributed by atoms with E-state index in [1.807, 2.05) is 18.2 Å².